The molecule has 18 heavy (non-hydrogen) atoms. The van der Waals surface area contributed by atoms with Crippen molar-refractivity contribution in [2.45, 2.75) is 44.7 Å². The number of rotatable bonds is 4. The van der Waals surface area contributed by atoms with Gasteiger partial charge in [-0.3, -0.25) is 0 Å². The molecular weight excluding hydrogens is 288 g/mol. The summed E-state index contributed by atoms with van der Waals surface area (Å²) in [5.41, 5.74) is 7.23. The number of nitrogens with one attached hydrogen (secondary N) is 1. The topological polar surface area (TPSA) is 38.0 Å². The molecule has 0 saturated heterocycles. The van der Waals surface area contributed by atoms with E-state index < -0.39 is 0 Å². The summed E-state index contributed by atoms with van der Waals surface area (Å²) < 4.78 is 1.14. The fourth-order valence-electron chi connectivity index (χ4n) is 2.88. The van der Waals surface area contributed by atoms with Crippen molar-refractivity contribution in [3.63, 3.8) is 0 Å². The largest absolute Gasteiger partial charge is 0.330 e. The van der Waals surface area contributed by atoms with E-state index >= 15 is 0 Å². The molecule has 2 unspecified atom stereocenters. The molecule has 0 spiro atoms. The average molecular weight is 311 g/mol. The monoisotopic (exact) mass is 310 g/mol. The van der Waals surface area contributed by atoms with Crippen LogP contribution in [-0.2, 0) is 0 Å². The zero-order valence-electron chi connectivity index (χ0n) is 11.0. The van der Waals surface area contributed by atoms with Crippen molar-refractivity contribution in [2.75, 3.05) is 6.54 Å². The highest BCUT2D eigenvalue weighted by atomic mass is 79.9. The van der Waals surface area contributed by atoms with Gasteiger partial charge in [0.25, 0.3) is 0 Å². The predicted molar refractivity (Wildman–Crippen MR) is 80.5 cm³/mol. The van der Waals surface area contributed by atoms with Crippen molar-refractivity contribution >= 4 is 15.9 Å². The van der Waals surface area contributed by atoms with Crippen molar-refractivity contribution in [3.05, 3.63) is 34.3 Å². The maximum absolute atomic E-state index is 5.88. The van der Waals surface area contributed by atoms with E-state index in [1.807, 2.05) is 0 Å². The first kappa shape index (κ1) is 14.0. The summed E-state index contributed by atoms with van der Waals surface area (Å²) >= 11 is 3.48. The zero-order valence-corrected chi connectivity index (χ0v) is 12.6. The van der Waals surface area contributed by atoms with Crippen molar-refractivity contribution in [3.8, 4) is 0 Å². The minimum Gasteiger partial charge on any atom is -0.330 e. The predicted octanol–water partition coefficient (Wildman–Crippen LogP) is 3.62. The molecule has 3 heteroatoms. The Morgan fingerprint density at radius 1 is 1.28 bits per heavy atom. The zero-order chi connectivity index (χ0) is 13.0. The van der Waals surface area contributed by atoms with E-state index in [4.69, 9.17) is 5.73 Å². The van der Waals surface area contributed by atoms with Gasteiger partial charge >= 0.3 is 0 Å². The summed E-state index contributed by atoms with van der Waals surface area (Å²) in [6.45, 7) is 3.05. The molecule has 1 aliphatic rings. The van der Waals surface area contributed by atoms with E-state index in [0.717, 1.165) is 11.0 Å². The molecule has 0 amide bonds. The van der Waals surface area contributed by atoms with Gasteiger partial charge in [-0.05, 0) is 49.9 Å². The van der Waals surface area contributed by atoms with Crippen LogP contribution >= 0.6 is 15.9 Å². The first-order chi connectivity index (χ1) is 8.70. The maximum Gasteiger partial charge on any atom is 0.0294 e. The fourth-order valence-corrected chi connectivity index (χ4v) is 3.14. The standard InChI is InChI=1S/C15H23BrN2/c1-11(12-6-8-14(16)9-7-12)18-15-5-3-2-4-13(15)10-17/h6-9,11,13,15,18H,2-5,10,17H2,1H3/t11-,13?,15?/m1/s1. The number of benzene rings is 1. The summed E-state index contributed by atoms with van der Waals surface area (Å²) in [5, 5.41) is 3.76. The molecule has 1 saturated carbocycles. The van der Waals surface area contributed by atoms with Gasteiger partial charge in [-0.15, -0.1) is 0 Å². The van der Waals surface area contributed by atoms with Crippen LogP contribution in [0, 0.1) is 5.92 Å². The molecular formula is C15H23BrN2. The lowest BCUT2D eigenvalue weighted by atomic mass is 9.84. The highest BCUT2D eigenvalue weighted by molar-refractivity contribution is 9.10. The third-order valence-electron chi connectivity index (χ3n) is 4.05. The number of hydrogen-bond donors (Lipinski definition) is 2. The molecule has 0 aromatic heterocycles. The molecule has 3 N–H and O–H groups in total. The second-order valence-electron chi connectivity index (χ2n) is 5.33. The van der Waals surface area contributed by atoms with Gasteiger partial charge in [-0.25, -0.2) is 0 Å². The van der Waals surface area contributed by atoms with E-state index in [0.29, 0.717) is 18.0 Å². The Balaban J connectivity index is 1.97. The Morgan fingerprint density at radius 3 is 2.61 bits per heavy atom. The van der Waals surface area contributed by atoms with Gasteiger partial charge in [0, 0.05) is 16.6 Å². The fraction of sp³-hybridized carbons (Fsp3) is 0.600. The molecule has 100 valence electrons. The third-order valence-corrected chi connectivity index (χ3v) is 4.57. The van der Waals surface area contributed by atoms with E-state index in [-0.39, 0.29) is 0 Å². The molecule has 2 rings (SSSR count). The number of hydrogen-bond acceptors (Lipinski definition) is 2. The molecule has 0 radical (unpaired) electrons. The molecule has 1 aromatic carbocycles. The van der Waals surface area contributed by atoms with Gasteiger partial charge in [0.2, 0.25) is 0 Å². The smallest absolute Gasteiger partial charge is 0.0294 e. The SMILES string of the molecule is C[C@@H](NC1CCCCC1CN)c1ccc(Br)cc1. The maximum atomic E-state index is 5.88. The van der Waals surface area contributed by atoms with Crippen LogP contribution in [0.15, 0.2) is 28.7 Å². The van der Waals surface area contributed by atoms with Gasteiger partial charge in [-0.2, -0.15) is 0 Å². The van der Waals surface area contributed by atoms with Crippen molar-refractivity contribution in [1.82, 2.24) is 5.32 Å². The number of halogens is 1. The second-order valence-corrected chi connectivity index (χ2v) is 6.24. The molecule has 1 aliphatic carbocycles. The minimum absolute atomic E-state index is 0.398. The van der Waals surface area contributed by atoms with Crippen LogP contribution in [0.1, 0.15) is 44.2 Å². The van der Waals surface area contributed by atoms with E-state index in [2.05, 4.69) is 52.4 Å². The molecule has 1 fully saturated rings. The second kappa shape index (κ2) is 6.69. The van der Waals surface area contributed by atoms with Crippen molar-refractivity contribution in [1.29, 1.82) is 0 Å². The average Bonchev–Trinajstić information content (AvgIpc) is 2.40. The summed E-state index contributed by atoms with van der Waals surface area (Å²) in [7, 11) is 0. The minimum atomic E-state index is 0.398. The van der Waals surface area contributed by atoms with Crippen LogP contribution in [-0.4, -0.2) is 12.6 Å². The Bertz CT molecular complexity index is 363. The van der Waals surface area contributed by atoms with Crippen LogP contribution in [0.3, 0.4) is 0 Å². The van der Waals surface area contributed by atoms with Gasteiger partial charge in [0.1, 0.15) is 0 Å². The molecule has 1 aromatic rings. The third kappa shape index (κ3) is 3.56. The first-order valence-corrected chi connectivity index (χ1v) is 7.71. The van der Waals surface area contributed by atoms with Gasteiger partial charge in [0.05, 0.1) is 0 Å². The van der Waals surface area contributed by atoms with Crippen LogP contribution in [0.5, 0.6) is 0 Å². The molecule has 0 aliphatic heterocycles. The van der Waals surface area contributed by atoms with Crippen LogP contribution < -0.4 is 11.1 Å². The summed E-state index contributed by atoms with van der Waals surface area (Å²) in [6.07, 6.45) is 5.22. The Kier molecular flexibility index (Phi) is 5.22. The van der Waals surface area contributed by atoms with Crippen LogP contribution in [0.2, 0.25) is 0 Å². The van der Waals surface area contributed by atoms with Crippen LogP contribution in [0.4, 0.5) is 0 Å². The van der Waals surface area contributed by atoms with E-state index in [1.54, 1.807) is 0 Å². The first-order valence-electron chi connectivity index (χ1n) is 6.92. The van der Waals surface area contributed by atoms with Crippen LogP contribution in [0.25, 0.3) is 0 Å². The summed E-state index contributed by atoms with van der Waals surface area (Å²) in [4.78, 5) is 0. The van der Waals surface area contributed by atoms with E-state index in [1.165, 1.54) is 31.2 Å². The Morgan fingerprint density at radius 2 is 1.94 bits per heavy atom. The molecule has 3 atom stereocenters. The normalized spacial score (nSPS) is 25.9. The lowest BCUT2D eigenvalue weighted by Gasteiger charge is -2.34. The highest BCUT2D eigenvalue weighted by Gasteiger charge is 2.25. The van der Waals surface area contributed by atoms with E-state index in [9.17, 15) is 0 Å². The molecule has 2 nitrogen and oxygen atoms in total. The van der Waals surface area contributed by atoms with Gasteiger partial charge in [-0.1, -0.05) is 40.9 Å². The summed E-state index contributed by atoms with van der Waals surface area (Å²) in [6, 6.07) is 9.56. The number of nitrogens with two attached hydrogens (primary N) is 1. The van der Waals surface area contributed by atoms with Gasteiger partial charge < -0.3 is 11.1 Å². The Hall–Kier alpha value is -0.380. The molecule has 0 heterocycles. The van der Waals surface area contributed by atoms with Gasteiger partial charge in [0.15, 0.2) is 0 Å². The van der Waals surface area contributed by atoms with Crippen molar-refractivity contribution in [2.24, 2.45) is 11.7 Å². The quantitative estimate of drug-likeness (QED) is 0.891. The lowest BCUT2D eigenvalue weighted by Crippen LogP contribution is -2.42. The Labute approximate surface area is 118 Å². The summed E-state index contributed by atoms with van der Waals surface area (Å²) in [5.74, 6) is 0.650. The highest BCUT2D eigenvalue weighted by Crippen LogP contribution is 2.26. The molecule has 0 bridgehead atoms. The lowest BCUT2D eigenvalue weighted by molar-refractivity contribution is 0.252. The van der Waals surface area contributed by atoms with Crippen molar-refractivity contribution < 1.29 is 0 Å².